The van der Waals surface area contributed by atoms with Crippen molar-refractivity contribution in [2.24, 2.45) is 0 Å². The number of methoxy groups -OCH3 is 6. The van der Waals surface area contributed by atoms with Gasteiger partial charge in [-0.1, -0.05) is 0 Å². The van der Waals surface area contributed by atoms with E-state index in [0.29, 0.717) is 0 Å². The molecule has 0 aromatic carbocycles. The van der Waals surface area contributed by atoms with Gasteiger partial charge >= 0.3 is 0 Å². The van der Waals surface area contributed by atoms with Crippen molar-refractivity contribution in [2.45, 2.75) is 51.1 Å². The molecule has 0 aliphatic heterocycles. The third kappa shape index (κ3) is 18.3. The van der Waals surface area contributed by atoms with E-state index in [1.54, 1.807) is 42.7 Å². The quantitative estimate of drug-likeness (QED) is 0.101. The van der Waals surface area contributed by atoms with Crippen LogP contribution in [0.3, 0.4) is 0 Å². The van der Waals surface area contributed by atoms with E-state index in [0.717, 1.165) is 114 Å². The molecule has 11 heteroatoms. The molecule has 0 saturated carbocycles. The lowest BCUT2D eigenvalue weighted by atomic mass is 10.2. The van der Waals surface area contributed by atoms with Crippen molar-refractivity contribution in [1.29, 1.82) is 0 Å². The lowest BCUT2D eigenvalue weighted by Gasteiger charge is -2.40. The molecule has 0 aliphatic rings. The molecule has 0 unspecified atom stereocenters. The molecule has 0 saturated heterocycles. The first kappa shape index (κ1) is 39.1. The second-order valence-electron chi connectivity index (χ2n) is 12.3. The third-order valence-corrected chi connectivity index (χ3v) is 15.5. The monoisotopic (exact) mass is 598 g/mol. The molecule has 0 fully saturated rings. The first-order chi connectivity index (χ1) is 18.5. The van der Waals surface area contributed by atoms with Crippen molar-refractivity contribution in [2.75, 3.05) is 135 Å². The smallest absolute Gasteiger partial charge is 0.173 e. The van der Waals surface area contributed by atoms with Crippen molar-refractivity contribution in [3.05, 3.63) is 0 Å². The summed E-state index contributed by atoms with van der Waals surface area (Å²) in [6.07, 6.45) is 2.32. The first-order valence-electron chi connectivity index (χ1n) is 14.8. The lowest BCUT2D eigenvalue weighted by molar-refractivity contribution is -0.929. The number of hydrogen-bond acceptors (Lipinski definition) is 7. The standard InChI is InChI=1S/C28H66N2O7Si2/c1-31-21-15-29(16-22-32-2,17-23-33-3)13-11-27-38(7,8)37-39(9,10)28-12-14-30(18-24-34-4,19-25-35-5)20-26-36-6/h11-28H2,1-10H3/q+2. The Hall–Kier alpha value is 0.0738. The van der Waals surface area contributed by atoms with Crippen molar-refractivity contribution in [3.8, 4) is 0 Å². The van der Waals surface area contributed by atoms with E-state index in [1.165, 1.54) is 12.1 Å². The highest BCUT2D eigenvalue weighted by Gasteiger charge is 2.35. The second-order valence-corrected chi connectivity index (χ2v) is 21.1. The van der Waals surface area contributed by atoms with E-state index in [4.69, 9.17) is 32.5 Å². The van der Waals surface area contributed by atoms with E-state index >= 15 is 0 Å². The third-order valence-electron chi connectivity index (χ3n) is 7.99. The summed E-state index contributed by atoms with van der Waals surface area (Å²) in [6, 6.07) is 2.35. The maximum atomic E-state index is 7.06. The van der Waals surface area contributed by atoms with Crippen molar-refractivity contribution < 1.29 is 41.5 Å². The number of ether oxygens (including phenoxy) is 6. The van der Waals surface area contributed by atoms with Crippen LogP contribution in [0.2, 0.25) is 38.3 Å². The van der Waals surface area contributed by atoms with E-state index in [1.807, 2.05) is 0 Å². The Bertz CT molecular complexity index is 495. The van der Waals surface area contributed by atoms with Crippen LogP contribution in [0.25, 0.3) is 0 Å². The molecule has 9 nitrogen and oxygen atoms in total. The minimum absolute atomic E-state index is 0.754. The Labute approximate surface area is 243 Å². The van der Waals surface area contributed by atoms with Crippen LogP contribution in [-0.4, -0.2) is 160 Å². The predicted octanol–water partition coefficient (Wildman–Crippen LogP) is 3.71. The summed E-state index contributed by atoms with van der Waals surface area (Å²) in [7, 11) is 7.12. The molecule has 0 amide bonds. The molecule has 0 aliphatic carbocycles. The van der Waals surface area contributed by atoms with E-state index in [2.05, 4.69) is 26.2 Å². The van der Waals surface area contributed by atoms with Gasteiger partial charge in [0.1, 0.15) is 39.3 Å². The summed E-state index contributed by atoms with van der Waals surface area (Å²) in [5, 5.41) is 0. The fraction of sp³-hybridized carbons (Fsp3) is 1.00. The van der Waals surface area contributed by atoms with Crippen molar-refractivity contribution in [1.82, 2.24) is 0 Å². The maximum absolute atomic E-state index is 7.06. The van der Waals surface area contributed by atoms with Gasteiger partial charge in [0, 0.05) is 42.7 Å². The van der Waals surface area contributed by atoms with Gasteiger partial charge in [-0.25, -0.2) is 0 Å². The molecule has 0 spiro atoms. The Morgan fingerprint density at radius 2 is 0.615 bits per heavy atom. The highest BCUT2D eigenvalue weighted by atomic mass is 28.4. The van der Waals surface area contributed by atoms with Gasteiger partial charge in [-0.3, -0.25) is 0 Å². The zero-order valence-corrected chi connectivity index (χ0v) is 29.5. The summed E-state index contributed by atoms with van der Waals surface area (Å²) in [6.45, 7) is 22.3. The second kappa shape index (κ2) is 21.7. The van der Waals surface area contributed by atoms with Crippen LogP contribution in [-0.2, 0) is 32.5 Å². The van der Waals surface area contributed by atoms with Crippen LogP contribution in [0.15, 0.2) is 0 Å². The van der Waals surface area contributed by atoms with E-state index in [-0.39, 0.29) is 0 Å². The van der Waals surface area contributed by atoms with Gasteiger partial charge in [0.25, 0.3) is 0 Å². The minimum atomic E-state index is -1.80. The van der Waals surface area contributed by atoms with Gasteiger partial charge in [-0.05, 0) is 51.1 Å². The topological polar surface area (TPSA) is 64.6 Å². The summed E-state index contributed by atoms with van der Waals surface area (Å²) < 4.78 is 41.8. The normalized spacial score (nSPS) is 13.4. The molecule has 0 bridgehead atoms. The molecule has 0 aromatic rings. The minimum Gasteiger partial charge on any atom is -0.455 e. The van der Waals surface area contributed by atoms with Crippen LogP contribution in [0.4, 0.5) is 0 Å². The van der Waals surface area contributed by atoms with E-state index < -0.39 is 16.6 Å². The van der Waals surface area contributed by atoms with Gasteiger partial charge in [-0.2, -0.15) is 0 Å². The fourth-order valence-corrected chi connectivity index (χ4v) is 14.4. The lowest BCUT2D eigenvalue weighted by Crippen LogP contribution is -2.55. The number of quaternary nitrogens is 2. The molecule has 236 valence electrons. The fourth-order valence-electron chi connectivity index (χ4n) is 5.58. The van der Waals surface area contributed by atoms with Crippen LogP contribution in [0, 0.1) is 0 Å². The molecule has 0 N–H and O–H groups in total. The van der Waals surface area contributed by atoms with Gasteiger partial charge in [0.15, 0.2) is 16.6 Å². The maximum Gasteiger partial charge on any atom is 0.173 e. The SMILES string of the molecule is COCC[N+](CCC[Si](C)(C)O[Si](C)(C)CCC[N+](CCOC)(CCOC)CCOC)(CCOC)CCOC. The van der Waals surface area contributed by atoms with E-state index in [9.17, 15) is 0 Å². The first-order valence-corrected chi connectivity index (χ1v) is 21.1. The number of nitrogens with zero attached hydrogens (tertiary/aromatic N) is 2. The Morgan fingerprint density at radius 1 is 0.385 bits per heavy atom. The van der Waals surface area contributed by atoms with Crippen LogP contribution < -0.4 is 0 Å². The molecule has 0 aromatic heterocycles. The summed E-state index contributed by atoms with van der Waals surface area (Å²) in [4.78, 5) is 0. The Kier molecular flexibility index (Phi) is 21.8. The predicted molar refractivity (Wildman–Crippen MR) is 166 cm³/mol. The average molecular weight is 599 g/mol. The molecule has 0 rings (SSSR count). The number of hydrogen-bond donors (Lipinski definition) is 0. The molecular weight excluding hydrogens is 532 g/mol. The summed E-state index contributed by atoms with van der Waals surface area (Å²) >= 11 is 0. The largest absolute Gasteiger partial charge is 0.455 e. The summed E-state index contributed by atoms with van der Waals surface area (Å²) in [5.74, 6) is 0. The van der Waals surface area contributed by atoms with Crippen molar-refractivity contribution in [3.63, 3.8) is 0 Å². The molecule has 0 radical (unpaired) electrons. The Morgan fingerprint density at radius 3 is 0.821 bits per heavy atom. The summed E-state index contributed by atoms with van der Waals surface area (Å²) in [5.41, 5.74) is 0. The molecule has 0 heterocycles. The van der Waals surface area contributed by atoms with Gasteiger partial charge in [0.2, 0.25) is 0 Å². The Balaban J connectivity index is 5.13. The van der Waals surface area contributed by atoms with Crippen LogP contribution in [0.1, 0.15) is 12.8 Å². The zero-order valence-electron chi connectivity index (χ0n) is 27.5. The molecular formula is C28H66N2O7Si2+2. The van der Waals surface area contributed by atoms with Crippen molar-refractivity contribution >= 4 is 16.6 Å². The van der Waals surface area contributed by atoms with Crippen LogP contribution >= 0.6 is 0 Å². The highest BCUT2D eigenvalue weighted by Crippen LogP contribution is 2.25. The van der Waals surface area contributed by atoms with Gasteiger partial charge < -0.3 is 41.5 Å². The number of rotatable bonds is 28. The van der Waals surface area contributed by atoms with Gasteiger partial charge in [-0.15, -0.1) is 0 Å². The average Bonchev–Trinajstić information content (AvgIpc) is 2.89. The van der Waals surface area contributed by atoms with Crippen LogP contribution in [0.5, 0.6) is 0 Å². The zero-order chi connectivity index (χ0) is 29.7. The van der Waals surface area contributed by atoms with Gasteiger partial charge in [0.05, 0.1) is 52.7 Å². The molecule has 0 atom stereocenters. The molecule has 39 heavy (non-hydrogen) atoms. The highest BCUT2D eigenvalue weighted by molar-refractivity contribution is 6.84.